The molecule has 0 aliphatic heterocycles. The van der Waals surface area contributed by atoms with E-state index in [1.807, 2.05) is 12.1 Å². The summed E-state index contributed by atoms with van der Waals surface area (Å²) in [6, 6.07) is 3.93. The van der Waals surface area contributed by atoms with Crippen LogP contribution in [-0.2, 0) is 5.41 Å². The summed E-state index contributed by atoms with van der Waals surface area (Å²) in [6.45, 7) is 2.24. The molecular formula is C9H10ClN. The van der Waals surface area contributed by atoms with Gasteiger partial charge in [0, 0.05) is 17.3 Å². The van der Waals surface area contributed by atoms with Gasteiger partial charge in [0.25, 0.3) is 0 Å². The van der Waals surface area contributed by atoms with E-state index in [-0.39, 0.29) is 0 Å². The van der Waals surface area contributed by atoms with Crippen molar-refractivity contribution >= 4 is 11.6 Å². The lowest BCUT2D eigenvalue weighted by Gasteiger charge is -2.05. The largest absolute Gasteiger partial charge is 0.259 e. The SMILES string of the molecule is CC1(c2ccc(Cl)cn2)CC1. The van der Waals surface area contributed by atoms with Crippen LogP contribution in [0.3, 0.4) is 0 Å². The molecule has 1 fully saturated rings. The Kier molecular flexibility index (Phi) is 1.43. The lowest BCUT2D eigenvalue weighted by atomic mass is 10.1. The van der Waals surface area contributed by atoms with Crippen molar-refractivity contribution in [1.29, 1.82) is 0 Å². The van der Waals surface area contributed by atoms with E-state index in [0.717, 1.165) is 5.02 Å². The number of rotatable bonds is 1. The van der Waals surface area contributed by atoms with E-state index in [4.69, 9.17) is 11.6 Å². The van der Waals surface area contributed by atoms with Crippen molar-refractivity contribution in [2.45, 2.75) is 25.2 Å². The molecule has 0 radical (unpaired) electrons. The van der Waals surface area contributed by atoms with Crippen molar-refractivity contribution in [3.8, 4) is 0 Å². The van der Waals surface area contributed by atoms with Crippen LogP contribution in [0, 0.1) is 0 Å². The van der Waals surface area contributed by atoms with E-state index in [0.29, 0.717) is 5.41 Å². The second-order valence-electron chi connectivity index (χ2n) is 3.42. The van der Waals surface area contributed by atoms with Gasteiger partial charge in [-0.15, -0.1) is 0 Å². The molecule has 58 valence electrons. The normalized spacial score (nSPS) is 19.8. The fourth-order valence-corrected chi connectivity index (χ4v) is 1.29. The number of pyridine rings is 1. The zero-order chi connectivity index (χ0) is 7.90. The number of halogens is 1. The molecule has 2 rings (SSSR count). The Hall–Kier alpha value is -0.560. The number of aromatic nitrogens is 1. The van der Waals surface area contributed by atoms with Gasteiger partial charge in [-0.3, -0.25) is 4.98 Å². The fourth-order valence-electron chi connectivity index (χ4n) is 1.18. The first kappa shape index (κ1) is 7.11. The molecule has 0 unspecified atom stereocenters. The summed E-state index contributed by atoms with van der Waals surface area (Å²) in [5.41, 5.74) is 1.55. The lowest BCUT2D eigenvalue weighted by Crippen LogP contribution is -2.01. The van der Waals surface area contributed by atoms with Crippen molar-refractivity contribution in [3.05, 3.63) is 29.0 Å². The average Bonchev–Trinajstić information content (AvgIpc) is 2.70. The molecule has 0 N–H and O–H groups in total. The number of hydrogen-bond donors (Lipinski definition) is 0. The molecule has 11 heavy (non-hydrogen) atoms. The summed E-state index contributed by atoms with van der Waals surface area (Å²) >= 11 is 5.72. The minimum Gasteiger partial charge on any atom is -0.259 e. The van der Waals surface area contributed by atoms with Gasteiger partial charge in [-0.1, -0.05) is 18.5 Å². The van der Waals surface area contributed by atoms with Gasteiger partial charge in [0.05, 0.1) is 5.02 Å². The number of nitrogens with zero attached hydrogens (tertiary/aromatic N) is 1. The highest BCUT2D eigenvalue weighted by molar-refractivity contribution is 6.30. The fraction of sp³-hybridized carbons (Fsp3) is 0.444. The first-order valence-corrected chi connectivity index (χ1v) is 4.21. The predicted octanol–water partition coefficient (Wildman–Crippen LogP) is 2.79. The molecule has 0 amide bonds. The first-order valence-electron chi connectivity index (χ1n) is 3.83. The quantitative estimate of drug-likeness (QED) is 0.627. The molecule has 1 aromatic heterocycles. The zero-order valence-corrected chi connectivity index (χ0v) is 7.23. The monoisotopic (exact) mass is 167 g/mol. The summed E-state index contributed by atoms with van der Waals surface area (Å²) in [5, 5.41) is 0.720. The molecule has 1 aromatic rings. The molecular weight excluding hydrogens is 158 g/mol. The van der Waals surface area contributed by atoms with Crippen LogP contribution < -0.4 is 0 Å². The van der Waals surface area contributed by atoms with Crippen LogP contribution in [0.4, 0.5) is 0 Å². The van der Waals surface area contributed by atoms with Crippen LogP contribution >= 0.6 is 11.6 Å². The van der Waals surface area contributed by atoms with E-state index in [9.17, 15) is 0 Å². The van der Waals surface area contributed by atoms with Crippen molar-refractivity contribution in [2.24, 2.45) is 0 Å². The second kappa shape index (κ2) is 2.21. The first-order chi connectivity index (χ1) is 5.21. The lowest BCUT2D eigenvalue weighted by molar-refractivity contribution is 0.750. The maximum atomic E-state index is 5.72. The minimum absolute atomic E-state index is 0.366. The highest BCUT2D eigenvalue weighted by atomic mass is 35.5. The van der Waals surface area contributed by atoms with Crippen molar-refractivity contribution < 1.29 is 0 Å². The van der Waals surface area contributed by atoms with E-state index in [2.05, 4.69) is 11.9 Å². The van der Waals surface area contributed by atoms with Crippen LogP contribution in [0.5, 0.6) is 0 Å². The van der Waals surface area contributed by atoms with Crippen molar-refractivity contribution in [3.63, 3.8) is 0 Å². The Labute approximate surface area is 71.4 Å². The zero-order valence-electron chi connectivity index (χ0n) is 6.47. The van der Waals surface area contributed by atoms with E-state index in [1.54, 1.807) is 6.20 Å². The van der Waals surface area contributed by atoms with Crippen molar-refractivity contribution in [2.75, 3.05) is 0 Å². The molecule has 0 spiro atoms. The molecule has 0 saturated heterocycles. The molecule has 1 saturated carbocycles. The van der Waals surface area contributed by atoms with Crippen LogP contribution in [0.2, 0.25) is 5.02 Å². The average molecular weight is 168 g/mol. The number of hydrogen-bond acceptors (Lipinski definition) is 1. The van der Waals surface area contributed by atoms with Gasteiger partial charge >= 0.3 is 0 Å². The maximum absolute atomic E-state index is 5.72. The molecule has 1 aliphatic rings. The summed E-state index contributed by atoms with van der Waals surface area (Å²) in [7, 11) is 0. The van der Waals surface area contributed by atoms with Gasteiger partial charge in [-0.25, -0.2) is 0 Å². The van der Waals surface area contributed by atoms with Gasteiger partial charge in [-0.2, -0.15) is 0 Å². The van der Waals surface area contributed by atoms with Gasteiger partial charge in [0.1, 0.15) is 0 Å². The molecule has 0 bridgehead atoms. The Morgan fingerprint density at radius 3 is 2.64 bits per heavy atom. The molecule has 1 heterocycles. The smallest absolute Gasteiger partial charge is 0.0589 e. The highest BCUT2D eigenvalue weighted by Crippen LogP contribution is 2.46. The molecule has 0 atom stereocenters. The predicted molar refractivity (Wildman–Crippen MR) is 45.8 cm³/mol. The second-order valence-corrected chi connectivity index (χ2v) is 3.86. The summed E-state index contributed by atoms with van der Waals surface area (Å²) in [5.74, 6) is 0. The summed E-state index contributed by atoms with van der Waals surface area (Å²) in [4.78, 5) is 4.28. The van der Waals surface area contributed by atoms with Crippen molar-refractivity contribution in [1.82, 2.24) is 4.98 Å². The van der Waals surface area contributed by atoms with Crippen LogP contribution in [0.25, 0.3) is 0 Å². The van der Waals surface area contributed by atoms with Gasteiger partial charge in [-0.05, 0) is 25.0 Å². The van der Waals surface area contributed by atoms with Crippen LogP contribution in [-0.4, -0.2) is 4.98 Å². The third-order valence-electron chi connectivity index (χ3n) is 2.35. The van der Waals surface area contributed by atoms with Gasteiger partial charge in [0.15, 0.2) is 0 Å². The van der Waals surface area contributed by atoms with Crippen LogP contribution in [0.15, 0.2) is 18.3 Å². The summed E-state index contributed by atoms with van der Waals surface area (Å²) in [6.07, 6.45) is 4.25. The molecule has 2 heteroatoms. The third kappa shape index (κ3) is 1.25. The Morgan fingerprint density at radius 2 is 2.18 bits per heavy atom. The minimum atomic E-state index is 0.366. The molecule has 0 aromatic carbocycles. The topological polar surface area (TPSA) is 12.9 Å². The van der Waals surface area contributed by atoms with E-state index in [1.165, 1.54) is 18.5 Å². The molecule has 1 aliphatic carbocycles. The van der Waals surface area contributed by atoms with Crippen LogP contribution in [0.1, 0.15) is 25.5 Å². The Morgan fingerprint density at radius 1 is 1.45 bits per heavy atom. The van der Waals surface area contributed by atoms with E-state index < -0.39 is 0 Å². The molecule has 1 nitrogen and oxygen atoms in total. The van der Waals surface area contributed by atoms with Gasteiger partial charge < -0.3 is 0 Å². The standard InChI is InChI=1S/C9H10ClN/c1-9(4-5-9)8-3-2-7(10)6-11-8/h2-3,6H,4-5H2,1H3. The summed E-state index contributed by atoms with van der Waals surface area (Å²) < 4.78 is 0. The highest BCUT2D eigenvalue weighted by Gasteiger charge is 2.40. The van der Waals surface area contributed by atoms with Gasteiger partial charge in [0.2, 0.25) is 0 Å². The maximum Gasteiger partial charge on any atom is 0.0589 e. The Balaban J connectivity index is 2.33. The van der Waals surface area contributed by atoms with E-state index >= 15 is 0 Å². The third-order valence-corrected chi connectivity index (χ3v) is 2.57. The Bertz CT molecular complexity index is 261.